The van der Waals surface area contributed by atoms with E-state index in [0.717, 1.165) is 12.0 Å². The standard InChI is InChI=1S/C9H14N2O3/c1-13-9(12)11-5-3-4-8(7-11)6-10-14-2/h4,6H,3,5,7H2,1-2H3/b10-6-. The molecule has 1 heterocycles. The third-order valence-corrected chi connectivity index (χ3v) is 1.94. The molecule has 1 aliphatic heterocycles. The molecular formula is C9H14N2O3. The summed E-state index contributed by atoms with van der Waals surface area (Å²) in [7, 11) is 2.86. The van der Waals surface area contributed by atoms with Crippen LogP contribution in [0.1, 0.15) is 6.42 Å². The number of ether oxygens (including phenoxy) is 1. The van der Waals surface area contributed by atoms with E-state index in [1.807, 2.05) is 6.08 Å². The van der Waals surface area contributed by atoms with E-state index in [2.05, 4.69) is 14.7 Å². The molecule has 14 heavy (non-hydrogen) atoms. The highest BCUT2D eigenvalue weighted by molar-refractivity contribution is 5.80. The number of hydrogen-bond donors (Lipinski definition) is 0. The van der Waals surface area contributed by atoms with Crippen LogP contribution in [0.2, 0.25) is 0 Å². The highest BCUT2D eigenvalue weighted by Gasteiger charge is 2.17. The van der Waals surface area contributed by atoms with Crippen LogP contribution in [0.25, 0.3) is 0 Å². The minimum absolute atomic E-state index is 0.304. The number of nitrogens with zero attached hydrogens (tertiary/aromatic N) is 2. The van der Waals surface area contributed by atoms with Gasteiger partial charge in [0.1, 0.15) is 7.11 Å². The molecule has 0 aliphatic carbocycles. The summed E-state index contributed by atoms with van der Waals surface area (Å²) >= 11 is 0. The van der Waals surface area contributed by atoms with Crippen molar-refractivity contribution in [3.63, 3.8) is 0 Å². The summed E-state index contributed by atoms with van der Waals surface area (Å²) in [6.07, 6.45) is 4.15. The Morgan fingerprint density at radius 2 is 2.43 bits per heavy atom. The Bertz CT molecular complexity index is 261. The van der Waals surface area contributed by atoms with E-state index in [1.54, 1.807) is 11.1 Å². The molecule has 5 nitrogen and oxygen atoms in total. The maximum atomic E-state index is 11.2. The van der Waals surface area contributed by atoms with Gasteiger partial charge in [0.05, 0.1) is 19.9 Å². The van der Waals surface area contributed by atoms with Gasteiger partial charge in [0.15, 0.2) is 0 Å². The Labute approximate surface area is 83.0 Å². The summed E-state index contributed by atoms with van der Waals surface area (Å²) in [5.41, 5.74) is 0.962. The van der Waals surface area contributed by atoms with Crippen LogP contribution < -0.4 is 0 Å². The summed E-state index contributed by atoms with van der Waals surface area (Å²) in [5.74, 6) is 0. The SMILES string of the molecule is CO/N=C\C1=CCCN(C(=O)OC)C1. The molecule has 0 atom stereocenters. The van der Waals surface area contributed by atoms with Crippen molar-refractivity contribution in [1.29, 1.82) is 0 Å². The van der Waals surface area contributed by atoms with Crippen molar-refractivity contribution in [3.05, 3.63) is 11.6 Å². The van der Waals surface area contributed by atoms with Gasteiger partial charge < -0.3 is 14.5 Å². The lowest BCUT2D eigenvalue weighted by atomic mass is 10.1. The first kappa shape index (κ1) is 10.6. The Hall–Kier alpha value is -1.52. The fourth-order valence-electron chi connectivity index (χ4n) is 1.27. The van der Waals surface area contributed by atoms with E-state index in [1.165, 1.54) is 14.2 Å². The van der Waals surface area contributed by atoms with Crippen molar-refractivity contribution in [2.24, 2.45) is 5.16 Å². The van der Waals surface area contributed by atoms with E-state index in [0.29, 0.717) is 13.1 Å². The Balaban J connectivity index is 2.53. The van der Waals surface area contributed by atoms with Crippen LogP contribution in [-0.2, 0) is 9.57 Å². The first-order valence-electron chi connectivity index (χ1n) is 4.36. The molecule has 0 aromatic carbocycles. The molecule has 0 unspecified atom stereocenters. The zero-order valence-corrected chi connectivity index (χ0v) is 8.40. The van der Waals surface area contributed by atoms with Gasteiger partial charge in [-0.15, -0.1) is 0 Å². The summed E-state index contributed by atoms with van der Waals surface area (Å²) in [4.78, 5) is 17.4. The summed E-state index contributed by atoms with van der Waals surface area (Å²) in [5, 5.41) is 3.64. The number of rotatable bonds is 2. The first-order valence-corrected chi connectivity index (χ1v) is 4.36. The van der Waals surface area contributed by atoms with Crippen LogP contribution in [-0.4, -0.2) is 44.5 Å². The normalized spacial score (nSPS) is 16.7. The quantitative estimate of drug-likeness (QED) is 0.491. The van der Waals surface area contributed by atoms with E-state index >= 15 is 0 Å². The highest BCUT2D eigenvalue weighted by Crippen LogP contribution is 2.08. The predicted octanol–water partition coefficient (Wildman–Crippen LogP) is 1.02. The minimum atomic E-state index is -0.304. The second-order valence-electron chi connectivity index (χ2n) is 2.88. The van der Waals surface area contributed by atoms with Crippen molar-refractivity contribution < 1.29 is 14.4 Å². The fourth-order valence-corrected chi connectivity index (χ4v) is 1.27. The Morgan fingerprint density at radius 3 is 3.07 bits per heavy atom. The largest absolute Gasteiger partial charge is 0.453 e. The lowest BCUT2D eigenvalue weighted by Gasteiger charge is -2.24. The van der Waals surface area contributed by atoms with Crippen molar-refractivity contribution in [1.82, 2.24) is 4.90 Å². The molecule has 0 bridgehead atoms. The van der Waals surface area contributed by atoms with Gasteiger partial charge in [0.2, 0.25) is 0 Å². The molecule has 1 aliphatic rings. The molecule has 0 aromatic heterocycles. The number of oxime groups is 1. The van der Waals surface area contributed by atoms with Gasteiger partial charge in [-0.25, -0.2) is 4.79 Å². The second-order valence-corrected chi connectivity index (χ2v) is 2.88. The Kier molecular flexibility index (Phi) is 3.97. The monoisotopic (exact) mass is 198 g/mol. The van der Waals surface area contributed by atoms with Gasteiger partial charge in [-0.05, 0) is 12.0 Å². The average molecular weight is 198 g/mol. The predicted molar refractivity (Wildman–Crippen MR) is 52.2 cm³/mol. The van der Waals surface area contributed by atoms with Crippen LogP contribution in [0, 0.1) is 0 Å². The number of methoxy groups -OCH3 is 1. The zero-order valence-electron chi connectivity index (χ0n) is 8.40. The smallest absolute Gasteiger partial charge is 0.409 e. The molecule has 0 spiro atoms. The van der Waals surface area contributed by atoms with Gasteiger partial charge >= 0.3 is 6.09 Å². The molecular weight excluding hydrogens is 184 g/mol. The molecule has 0 saturated heterocycles. The van der Waals surface area contributed by atoms with Gasteiger partial charge in [-0.2, -0.15) is 0 Å². The molecule has 1 rings (SSSR count). The maximum absolute atomic E-state index is 11.2. The van der Waals surface area contributed by atoms with E-state index < -0.39 is 0 Å². The third kappa shape index (κ3) is 2.76. The lowest BCUT2D eigenvalue weighted by molar-refractivity contribution is 0.127. The number of carbonyl (C=O) groups excluding carboxylic acids is 1. The molecule has 78 valence electrons. The third-order valence-electron chi connectivity index (χ3n) is 1.94. The molecule has 1 amide bonds. The molecule has 0 N–H and O–H groups in total. The Morgan fingerprint density at radius 1 is 1.64 bits per heavy atom. The van der Waals surface area contributed by atoms with E-state index in [4.69, 9.17) is 0 Å². The van der Waals surface area contributed by atoms with E-state index in [9.17, 15) is 4.79 Å². The van der Waals surface area contributed by atoms with Gasteiger partial charge in [0.25, 0.3) is 0 Å². The van der Waals surface area contributed by atoms with Gasteiger partial charge in [-0.3, -0.25) is 0 Å². The molecule has 5 heteroatoms. The van der Waals surface area contributed by atoms with Crippen molar-refractivity contribution in [3.8, 4) is 0 Å². The molecule has 0 fully saturated rings. The van der Waals surface area contributed by atoms with Crippen molar-refractivity contribution in [2.75, 3.05) is 27.3 Å². The lowest BCUT2D eigenvalue weighted by Crippen LogP contribution is -2.35. The number of carbonyl (C=O) groups is 1. The average Bonchev–Trinajstić information content (AvgIpc) is 2.25. The second kappa shape index (κ2) is 5.26. The highest BCUT2D eigenvalue weighted by atomic mass is 16.6. The molecule has 0 aromatic rings. The van der Waals surface area contributed by atoms with Crippen molar-refractivity contribution in [2.45, 2.75) is 6.42 Å². The number of hydrogen-bond acceptors (Lipinski definition) is 4. The van der Waals surface area contributed by atoms with Crippen molar-refractivity contribution >= 4 is 12.3 Å². The molecule has 0 saturated carbocycles. The summed E-state index contributed by atoms with van der Waals surface area (Å²) in [6.45, 7) is 1.22. The first-order chi connectivity index (χ1) is 6.77. The summed E-state index contributed by atoms with van der Waals surface area (Å²) < 4.78 is 4.63. The zero-order chi connectivity index (χ0) is 10.4. The molecule has 0 radical (unpaired) electrons. The fraction of sp³-hybridized carbons (Fsp3) is 0.556. The maximum Gasteiger partial charge on any atom is 0.409 e. The van der Waals surface area contributed by atoms with Crippen LogP contribution in [0.4, 0.5) is 4.79 Å². The number of amides is 1. The van der Waals surface area contributed by atoms with Gasteiger partial charge in [-0.1, -0.05) is 11.2 Å². The van der Waals surface area contributed by atoms with Crippen LogP contribution in [0.3, 0.4) is 0 Å². The van der Waals surface area contributed by atoms with Crippen LogP contribution in [0.15, 0.2) is 16.8 Å². The van der Waals surface area contributed by atoms with Gasteiger partial charge in [0, 0.05) is 6.54 Å². The minimum Gasteiger partial charge on any atom is -0.453 e. The van der Waals surface area contributed by atoms with Crippen LogP contribution >= 0.6 is 0 Å². The van der Waals surface area contributed by atoms with Crippen LogP contribution in [0.5, 0.6) is 0 Å². The topological polar surface area (TPSA) is 51.1 Å². The summed E-state index contributed by atoms with van der Waals surface area (Å²) in [6, 6.07) is 0. The van der Waals surface area contributed by atoms with E-state index in [-0.39, 0.29) is 6.09 Å².